The van der Waals surface area contributed by atoms with E-state index in [2.05, 4.69) is 0 Å². The first-order valence-electron chi connectivity index (χ1n) is 7.94. The molecule has 1 amide bonds. The number of anilines is 1. The van der Waals surface area contributed by atoms with Gasteiger partial charge in [0.1, 0.15) is 0 Å². The third-order valence-corrected chi connectivity index (χ3v) is 4.52. The summed E-state index contributed by atoms with van der Waals surface area (Å²) in [5.74, 6) is -0.334. The normalized spacial score (nSPS) is 15.6. The molecule has 5 nitrogen and oxygen atoms in total. The molecular weight excluding hydrogens is 328 g/mol. The van der Waals surface area contributed by atoms with Gasteiger partial charge in [0.15, 0.2) is 0 Å². The number of piperidine rings is 1. The van der Waals surface area contributed by atoms with Crippen molar-refractivity contribution in [3.8, 4) is 0 Å². The minimum Gasteiger partial charge on any atom is -0.469 e. The van der Waals surface area contributed by atoms with Crippen LogP contribution in [0.2, 0.25) is 5.02 Å². The van der Waals surface area contributed by atoms with Gasteiger partial charge >= 0.3 is 5.97 Å². The Labute approximate surface area is 147 Å². The number of nitrogens with zero attached hydrogens (tertiary/aromatic N) is 2. The van der Waals surface area contributed by atoms with Gasteiger partial charge in [0.05, 0.1) is 23.7 Å². The third kappa shape index (κ3) is 4.51. The summed E-state index contributed by atoms with van der Waals surface area (Å²) in [6, 6.07) is 5.69. The predicted octanol–water partition coefficient (Wildman–Crippen LogP) is 2.83. The molecular formula is C18H23ClN2O3. The summed E-state index contributed by atoms with van der Waals surface area (Å²) in [4.78, 5) is 27.5. The Morgan fingerprint density at radius 3 is 2.50 bits per heavy atom. The number of hydrogen-bond donors (Lipinski definition) is 0. The van der Waals surface area contributed by atoms with Gasteiger partial charge in [-0.1, -0.05) is 17.7 Å². The fraction of sp³-hybridized carbons (Fsp3) is 0.444. The molecule has 0 N–H and O–H groups in total. The van der Waals surface area contributed by atoms with Crippen molar-refractivity contribution in [2.24, 2.45) is 5.92 Å². The highest BCUT2D eigenvalue weighted by molar-refractivity contribution is 6.33. The number of benzene rings is 1. The van der Waals surface area contributed by atoms with Gasteiger partial charge in [-0.3, -0.25) is 9.59 Å². The van der Waals surface area contributed by atoms with E-state index in [1.165, 1.54) is 7.11 Å². The lowest BCUT2D eigenvalue weighted by Gasteiger charge is -2.29. The summed E-state index contributed by atoms with van der Waals surface area (Å²) < 4.78 is 4.76. The maximum atomic E-state index is 12.3. The highest BCUT2D eigenvalue weighted by atomic mass is 35.5. The number of ether oxygens (including phenoxy) is 1. The largest absolute Gasteiger partial charge is 0.469 e. The molecule has 2 rings (SSSR count). The van der Waals surface area contributed by atoms with Crippen LogP contribution in [0.4, 0.5) is 5.69 Å². The lowest BCUT2D eigenvalue weighted by molar-refractivity contribution is -0.148. The van der Waals surface area contributed by atoms with Crippen molar-refractivity contribution < 1.29 is 14.3 Å². The molecule has 130 valence electrons. The topological polar surface area (TPSA) is 49.9 Å². The van der Waals surface area contributed by atoms with E-state index in [9.17, 15) is 9.59 Å². The fourth-order valence-electron chi connectivity index (χ4n) is 2.76. The highest BCUT2D eigenvalue weighted by Crippen LogP contribution is 2.26. The summed E-state index contributed by atoms with van der Waals surface area (Å²) in [5.41, 5.74) is 1.81. The first-order chi connectivity index (χ1) is 11.4. The van der Waals surface area contributed by atoms with Gasteiger partial charge in [0, 0.05) is 33.3 Å². The Hall–Kier alpha value is -2.01. The van der Waals surface area contributed by atoms with E-state index in [-0.39, 0.29) is 17.8 Å². The zero-order chi connectivity index (χ0) is 17.7. The summed E-state index contributed by atoms with van der Waals surface area (Å²) in [7, 11) is 5.26. The Morgan fingerprint density at radius 1 is 1.29 bits per heavy atom. The molecule has 1 saturated heterocycles. The van der Waals surface area contributed by atoms with Crippen LogP contribution in [0.3, 0.4) is 0 Å². The molecule has 0 saturated carbocycles. The molecule has 1 aromatic rings. The molecule has 0 unspecified atom stereocenters. The number of amides is 1. The van der Waals surface area contributed by atoms with Crippen LogP contribution in [0, 0.1) is 5.92 Å². The second-order valence-electron chi connectivity index (χ2n) is 6.06. The summed E-state index contributed by atoms with van der Waals surface area (Å²) in [6.45, 7) is 1.15. The van der Waals surface area contributed by atoms with Crippen molar-refractivity contribution in [2.75, 3.05) is 39.2 Å². The molecule has 0 bridgehead atoms. The van der Waals surface area contributed by atoms with Crippen LogP contribution in [0.15, 0.2) is 24.3 Å². The average molecular weight is 351 g/mol. The number of methoxy groups -OCH3 is 1. The van der Waals surface area contributed by atoms with E-state index >= 15 is 0 Å². The van der Waals surface area contributed by atoms with Crippen molar-refractivity contribution in [3.63, 3.8) is 0 Å². The van der Waals surface area contributed by atoms with Gasteiger partial charge in [-0.15, -0.1) is 0 Å². The highest BCUT2D eigenvalue weighted by Gasteiger charge is 2.26. The average Bonchev–Trinajstić information content (AvgIpc) is 2.58. The van der Waals surface area contributed by atoms with Crippen LogP contribution in [0.1, 0.15) is 18.4 Å². The number of hydrogen-bond acceptors (Lipinski definition) is 4. The monoisotopic (exact) mass is 350 g/mol. The lowest BCUT2D eigenvalue weighted by Crippen LogP contribution is -2.39. The van der Waals surface area contributed by atoms with Crippen molar-refractivity contribution in [2.45, 2.75) is 12.8 Å². The summed E-state index contributed by atoms with van der Waals surface area (Å²) >= 11 is 6.23. The fourth-order valence-corrected chi connectivity index (χ4v) is 3.12. The quantitative estimate of drug-likeness (QED) is 0.619. The predicted molar refractivity (Wildman–Crippen MR) is 96.1 cm³/mol. The second kappa shape index (κ2) is 8.20. The molecule has 0 aliphatic carbocycles. The zero-order valence-electron chi connectivity index (χ0n) is 14.3. The lowest BCUT2D eigenvalue weighted by atomic mass is 9.97. The Balaban J connectivity index is 1.94. The SMILES string of the molecule is COC(=O)C1CCN(C(=O)/C=C/c2ccc(N(C)C)c(Cl)c2)CC1. The van der Waals surface area contributed by atoms with Crippen molar-refractivity contribution in [1.29, 1.82) is 0 Å². The smallest absolute Gasteiger partial charge is 0.308 e. The van der Waals surface area contributed by atoms with E-state index in [4.69, 9.17) is 16.3 Å². The number of rotatable bonds is 4. The number of esters is 1. The van der Waals surface area contributed by atoms with Crippen LogP contribution >= 0.6 is 11.6 Å². The number of carbonyl (C=O) groups is 2. The molecule has 24 heavy (non-hydrogen) atoms. The molecule has 0 atom stereocenters. The van der Waals surface area contributed by atoms with Crippen LogP contribution < -0.4 is 4.90 Å². The number of carbonyl (C=O) groups excluding carboxylic acids is 2. The van der Waals surface area contributed by atoms with Gasteiger partial charge in [-0.2, -0.15) is 0 Å². The van der Waals surface area contributed by atoms with E-state index in [1.54, 1.807) is 17.1 Å². The van der Waals surface area contributed by atoms with Crippen LogP contribution in [-0.2, 0) is 14.3 Å². The molecule has 0 aromatic heterocycles. The minimum absolute atomic E-state index is 0.0499. The van der Waals surface area contributed by atoms with Crippen LogP contribution in [0.5, 0.6) is 0 Å². The molecule has 1 aliphatic heterocycles. The van der Waals surface area contributed by atoms with Gasteiger partial charge in [0.25, 0.3) is 0 Å². The van der Waals surface area contributed by atoms with Gasteiger partial charge in [0.2, 0.25) is 5.91 Å². The van der Waals surface area contributed by atoms with Crippen molar-refractivity contribution in [1.82, 2.24) is 4.90 Å². The molecule has 0 spiro atoms. The van der Waals surface area contributed by atoms with Crippen LogP contribution in [0.25, 0.3) is 6.08 Å². The summed E-state index contributed by atoms with van der Waals surface area (Å²) in [6.07, 6.45) is 4.62. The van der Waals surface area contributed by atoms with Gasteiger partial charge in [-0.25, -0.2) is 0 Å². The molecule has 1 heterocycles. The number of likely N-dealkylation sites (tertiary alicyclic amines) is 1. The van der Waals surface area contributed by atoms with E-state index < -0.39 is 0 Å². The maximum Gasteiger partial charge on any atom is 0.308 e. The molecule has 1 aliphatic rings. The molecule has 0 radical (unpaired) electrons. The Bertz CT molecular complexity index is 635. The van der Waals surface area contributed by atoms with E-state index in [1.807, 2.05) is 37.2 Å². The van der Waals surface area contributed by atoms with E-state index in [0.29, 0.717) is 31.0 Å². The molecule has 1 aromatic carbocycles. The maximum absolute atomic E-state index is 12.3. The zero-order valence-corrected chi connectivity index (χ0v) is 15.0. The Morgan fingerprint density at radius 2 is 1.96 bits per heavy atom. The van der Waals surface area contributed by atoms with Crippen molar-refractivity contribution in [3.05, 3.63) is 34.9 Å². The molecule has 6 heteroatoms. The number of halogens is 1. The first-order valence-corrected chi connectivity index (χ1v) is 8.32. The second-order valence-corrected chi connectivity index (χ2v) is 6.47. The van der Waals surface area contributed by atoms with Crippen molar-refractivity contribution >= 4 is 35.2 Å². The Kier molecular flexibility index (Phi) is 6.26. The summed E-state index contributed by atoms with van der Waals surface area (Å²) in [5, 5.41) is 0.647. The van der Waals surface area contributed by atoms with Gasteiger partial charge in [-0.05, 0) is 36.6 Å². The van der Waals surface area contributed by atoms with Crippen LogP contribution in [-0.4, -0.2) is 51.1 Å². The standard InChI is InChI=1S/C18H23ClN2O3/c1-20(2)16-6-4-13(12-15(16)19)5-7-17(22)21-10-8-14(9-11-21)18(23)24-3/h4-7,12,14H,8-11H2,1-3H3/b7-5+. The van der Waals surface area contributed by atoms with E-state index in [0.717, 1.165) is 11.3 Å². The molecule has 1 fully saturated rings. The van der Waals surface area contributed by atoms with Gasteiger partial charge < -0.3 is 14.5 Å². The third-order valence-electron chi connectivity index (χ3n) is 4.21. The minimum atomic E-state index is -0.187. The first kappa shape index (κ1) is 18.3.